The lowest BCUT2D eigenvalue weighted by atomic mass is 10.3. The molecule has 0 aromatic heterocycles. The first-order valence-electron chi connectivity index (χ1n) is 4.72. The maximum absolute atomic E-state index is 2.36. The first-order chi connectivity index (χ1) is 5.26. The molecule has 0 bridgehead atoms. The molecule has 0 atom stereocenters. The Hall–Kier alpha value is -0.0800. The average molecular weight is 158 g/mol. The summed E-state index contributed by atoms with van der Waals surface area (Å²) in [7, 11) is 2.17. The second-order valence-electron chi connectivity index (χ2n) is 2.87. The van der Waals surface area contributed by atoms with Crippen molar-refractivity contribution in [2.45, 2.75) is 33.6 Å². The van der Waals surface area contributed by atoms with Gasteiger partial charge in [0.05, 0.1) is 13.1 Å². The molecule has 0 unspecified atom stereocenters. The Bertz CT molecular complexity index is 79.6. The predicted octanol–water partition coefficient (Wildman–Crippen LogP) is 1.81. The molecule has 0 aliphatic heterocycles. The summed E-state index contributed by atoms with van der Waals surface area (Å²) < 4.78 is 0. The summed E-state index contributed by atoms with van der Waals surface area (Å²) >= 11 is 0. The van der Waals surface area contributed by atoms with Gasteiger partial charge >= 0.3 is 0 Å². The average Bonchev–Trinajstić information content (AvgIpc) is 2.03. The molecule has 0 amide bonds. The van der Waals surface area contributed by atoms with E-state index in [1.54, 1.807) is 0 Å². The molecule has 0 aromatic rings. The second-order valence-corrected chi connectivity index (χ2v) is 2.87. The lowest BCUT2D eigenvalue weighted by Crippen LogP contribution is -2.44. The van der Waals surface area contributed by atoms with Crippen LogP contribution in [0, 0.1) is 0 Å². The van der Waals surface area contributed by atoms with E-state index in [2.05, 4.69) is 37.8 Å². The van der Waals surface area contributed by atoms with E-state index in [4.69, 9.17) is 0 Å². The number of hydrogen-bond acceptors (Lipinski definition) is 2. The van der Waals surface area contributed by atoms with Crippen molar-refractivity contribution < 1.29 is 0 Å². The summed E-state index contributed by atoms with van der Waals surface area (Å²) in [4.78, 5) is 0. The zero-order chi connectivity index (χ0) is 8.69. The number of hydrazine groups is 1. The zero-order valence-electron chi connectivity index (χ0n) is 8.43. The number of hydrogen-bond donors (Lipinski definition) is 0. The second kappa shape index (κ2) is 6.62. The first-order valence-corrected chi connectivity index (χ1v) is 4.72. The molecule has 0 fully saturated rings. The summed E-state index contributed by atoms with van der Waals surface area (Å²) in [5, 5.41) is 4.68. The summed E-state index contributed by atoms with van der Waals surface area (Å²) in [5.41, 5.74) is 0. The quantitative estimate of drug-likeness (QED) is 0.423. The molecule has 0 saturated heterocycles. The lowest BCUT2D eigenvalue weighted by molar-refractivity contribution is 0.102. The van der Waals surface area contributed by atoms with Crippen LogP contribution in [0.5, 0.6) is 0 Å². The fraction of sp³-hybridized carbons (Fsp3) is 1.00. The van der Waals surface area contributed by atoms with E-state index < -0.39 is 0 Å². The van der Waals surface area contributed by atoms with Crippen LogP contribution in [0.15, 0.2) is 0 Å². The van der Waals surface area contributed by atoms with Gasteiger partial charge in [0.25, 0.3) is 0 Å². The third kappa shape index (κ3) is 4.38. The van der Waals surface area contributed by atoms with Gasteiger partial charge in [-0.25, -0.2) is 0 Å². The van der Waals surface area contributed by atoms with E-state index in [1.165, 1.54) is 19.4 Å². The smallest absolute Gasteiger partial charge is 0.107 e. The van der Waals surface area contributed by atoms with Gasteiger partial charge in [-0.2, -0.15) is 0 Å². The van der Waals surface area contributed by atoms with Crippen molar-refractivity contribution in [1.29, 1.82) is 0 Å². The van der Waals surface area contributed by atoms with Gasteiger partial charge in [-0.1, -0.05) is 18.4 Å². The molecule has 0 rings (SSSR count). The summed E-state index contributed by atoms with van der Waals surface area (Å²) in [5.74, 6) is 0. The molecule has 67 valence electrons. The monoisotopic (exact) mass is 158 g/mol. The Labute approximate surface area is 71.1 Å². The molecule has 0 heterocycles. The normalized spacial score (nSPS) is 11.5. The number of nitrogens with zero attached hydrogens (tertiary/aromatic N) is 2. The van der Waals surface area contributed by atoms with Gasteiger partial charge in [0.2, 0.25) is 0 Å². The van der Waals surface area contributed by atoms with E-state index in [0.717, 1.165) is 13.1 Å². The van der Waals surface area contributed by atoms with Crippen LogP contribution in [0.3, 0.4) is 0 Å². The summed E-state index contributed by atoms with van der Waals surface area (Å²) in [6, 6.07) is 0. The van der Waals surface area contributed by atoms with E-state index >= 15 is 0 Å². The van der Waals surface area contributed by atoms with Crippen LogP contribution in [0.4, 0.5) is 0 Å². The highest BCUT2D eigenvalue weighted by Gasteiger charge is 2.14. The van der Waals surface area contributed by atoms with Crippen molar-refractivity contribution in [3.05, 3.63) is 0 Å². The fourth-order valence-electron chi connectivity index (χ4n) is 1.23. The minimum Gasteiger partial charge on any atom is -0.107 e. The molecule has 0 saturated carbocycles. The highest BCUT2D eigenvalue weighted by molar-refractivity contribution is 4.54. The molecule has 11 heavy (non-hydrogen) atoms. The maximum atomic E-state index is 2.36. The maximum Gasteiger partial charge on any atom is 0.144 e. The van der Waals surface area contributed by atoms with Crippen molar-refractivity contribution in [3.8, 4) is 0 Å². The highest BCUT2D eigenvalue weighted by atomic mass is 15.6. The Balaban J connectivity index is 3.51. The summed E-state index contributed by atoms with van der Waals surface area (Å²) in [6.07, 6.45) is 2.58. The van der Waals surface area contributed by atoms with Crippen LogP contribution >= 0.6 is 0 Å². The molecule has 2 heteroatoms. The summed E-state index contributed by atoms with van der Waals surface area (Å²) in [6.45, 7) is 10.1. The Morgan fingerprint density at radius 2 is 1.64 bits per heavy atom. The van der Waals surface area contributed by atoms with E-state index in [9.17, 15) is 0 Å². The molecule has 0 aromatic carbocycles. The van der Waals surface area contributed by atoms with Crippen LogP contribution < -0.4 is 5.01 Å². The van der Waals surface area contributed by atoms with Crippen molar-refractivity contribution in [2.24, 2.45) is 0 Å². The molecule has 0 aliphatic rings. The first kappa shape index (κ1) is 10.9. The van der Waals surface area contributed by atoms with E-state index in [0.29, 0.717) is 0 Å². The van der Waals surface area contributed by atoms with E-state index in [1.807, 2.05) is 0 Å². The van der Waals surface area contributed by atoms with Crippen LogP contribution in [-0.4, -0.2) is 31.7 Å². The fourth-order valence-corrected chi connectivity index (χ4v) is 1.23. The zero-order valence-corrected chi connectivity index (χ0v) is 8.43. The number of unbranched alkanes of at least 4 members (excludes halogenated alkanes) is 1. The minimum atomic E-state index is 1.12. The van der Waals surface area contributed by atoms with E-state index in [-0.39, 0.29) is 0 Å². The van der Waals surface area contributed by atoms with Gasteiger partial charge in [-0.3, -0.25) is 0 Å². The molecular formula is C9H22N2+. The van der Waals surface area contributed by atoms with Gasteiger partial charge in [-0.15, -0.1) is 5.01 Å². The molecule has 1 radical (unpaired) electrons. The van der Waals surface area contributed by atoms with Crippen LogP contribution in [-0.2, 0) is 0 Å². The van der Waals surface area contributed by atoms with Gasteiger partial charge in [0.1, 0.15) is 13.6 Å². The van der Waals surface area contributed by atoms with Crippen molar-refractivity contribution in [1.82, 2.24) is 10.0 Å². The van der Waals surface area contributed by atoms with Gasteiger partial charge in [-0.05, 0) is 13.8 Å². The topological polar surface area (TPSA) is 9.14 Å². The third-order valence-corrected chi connectivity index (χ3v) is 2.05. The van der Waals surface area contributed by atoms with Crippen molar-refractivity contribution >= 4 is 0 Å². The Morgan fingerprint density at radius 1 is 1.09 bits per heavy atom. The highest BCUT2D eigenvalue weighted by Crippen LogP contribution is 1.93. The molecule has 0 spiro atoms. The lowest BCUT2D eigenvalue weighted by Gasteiger charge is -2.18. The molecular weight excluding hydrogens is 136 g/mol. The third-order valence-electron chi connectivity index (χ3n) is 2.05. The SMILES string of the molecule is CCCC[N+](C)N(CC)CC. The van der Waals surface area contributed by atoms with Crippen LogP contribution in [0.2, 0.25) is 0 Å². The van der Waals surface area contributed by atoms with Gasteiger partial charge < -0.3 is 0 Å². The van der Waals surface area contributed by atoms with Crippen LogP contribution in [0.1, 0.15) is 33.6 Å². The predicted molar refractivity (Wildman–Crippen MR) is 50.8 cm³/mol. The molecule has 0 aliphatic carbocycles. The number of rotatable bonds is 6. The van der Waals surface area contributed by atoms with Crippen molar-refractivity contribution in [3.63, 3.8) is 0 Å². The van der Waals surface area contributed by atoms with Crippen molar-refractivity contribution in [2.75, 3.05) is 26.7 Å². The Morgan fingerprint density at radius 3 is 2.00 bits per heavy atom. The largest absolute Gasteiger partial charge is 0.144 e. The minimum absolute atomic E-state index is 1.12. The Kier molecular flexibility index (Phi) is 6.57. The standard InChI is InChI=1S/C9H22N2/c1-5-8-9-10(4)11(6-2)7-3/h5-9H2,1-4H3/q+1. The molecule has 2 nitrogen and oxygen atoms in total. The van der Waals surface area contributed by atoms with Crippen LogP contribution in [0.25, 0.3) is 0 Å². The molecule has 0 N–H and O–H groups in total. The van der Waals surface area contributed by atoms with Gasteiger partial charge in [0, 0.05) is 6.42 Å². The van der Waals surface area contributed by atoms with Gasteiger partial charge in [0.15, 0.2) is 0 Å².